The molecule has 0 aliphatic rings. The second-order valence-corrected chi connectivity index (χ2v) is 3.32. The van der Waals surface area contributed by atoms with Crippen LogP contribution in [0.5, 0.6) is 0 Å². The van der Waals surface area contributed by atoms with E-state index in [1.165, 1.54) is 11.1 Å². The van der Waals surface area contributed by atoms with E-state index in [1.807, 2.05) is 12.1 Å². The van der Waals surface area contributed by atoms with Crippen molar-refractivity contribution in [3.63, 3.8) is 0 Å². The lowest BCUT2D eigenvalue weighted by molar-refractivity contribution is 1.28. The van der Waals surface area contributed by atoms with Crippen LogP contribution in [0.2, 0.25) is 0 Å². The summed E-state index contributed by atoms with van der Waals surface area (Å²) in [5.74, 6) is 2.62. The van der Waals surface area contributed by atoms with Crippen molar-refractivity contribution >= 4 is 15.9 Å². The molecule has 0 N–H and O–H groups in total. The minimum Gasteiger partial charge on any atom is -0.120 e. The predicted octanol–water partition coefficient (Wildman–Crippen LogP) is 2.93. The molecule has 1 aromatic carbocycles. The summed E-state index contributed by atoms with van der Waals surface area (Å²) in [6.07, 6.45) is 5.90. The van der Waals surface area contributed by atoms with Crippen LogP contribution in [0, 0.1) is 19.3 Å². The number of terminal acetylenes is 1. The highest BCUT2D eigenvalue weighted by atomic mass is 79.9. The van der Waals surface area contributed by atoms with E-state index in [-0.39, 0.29) is 0 Å². The molecular formula is C10H9Br. The number of hydrogen-bond acceptors (Lipinski definition) is 0. The van der Waals surface area contributed by atoms with Gasteiger partial charge < -0.3 is 0 Å². The summed E-state index contributed by atoms with van der Waals surface area (Å²) < 4.78 is 1.14. The fourth-order valence-corrected chi connectivity index (χ4v) is 1.18. The summed E-state index contributed by atoms with van der Waals surface area (Å²) in [6, 6.07) is 6.17. The van der Waals surface area contributed by atoms with Gasteiger partial charge in [0, 0.05) is 10.9 Å². The minimum absolute atomic E-state index is 0.716. The molecule has 1 heteroatoms. The molecule has 1 aromatic rings. The van der Waals surface area contributed by atoms with Crippen LogP contribution in [-0.2, 0) is 6.42 Å². The Hall–Kier alpha value is -0.740. The highest BCUT2D eigenvalue weighted by Crippen LogP contribution is 2.16. The Balaban J connectivity index is 2.98. The molecule has 0 heterocycles. The zero-order valence-corrected chi connectivity index (χ0v) is 7.98. The Morgan fingerprint density at radius 1 is 1.55 bits per heavy atom. The molecule has 0 aromatic heterocycles. The van der Waals surface area contributed by atoms with Crippen LogP contribution < -0.4 is 0 Å². The van der Waals surface area contributed by atoms with Gasteiger partial charge >= 0.3 is 0 Å². The highest BCUT2D eigenvalue weighted by molar-refractivity contribution is 9.10. The van der Waals surface area contributed by atoms with Gasteiger partial charge in [-0.15, -0.1) is 12.3 Å². The number of halogens is 1. The van der Waals surface area contributed by atoms with Gasteiger partial charge in [-0.2, -0.15) is 0 Å². The average Bonchev–Trinajstić information content (AvgIpc) is 1.98. The maximum absolute atomic E-state index is 5.19. The normalized spacial score (nSPS) is 9.18. The fraction of sp³-hybridized carbons (Fsp3) is 0.200. The highest BCUT2D eigenvalue weighted by Gasteiger charge is 1.94. The third kappa shape index (κ3) is 2.10. The lowest BCUT2D eigenvalue weighted by Gasteiger charge is -1.99. The average molecular weight is 209 g/mol. The molecule has 0 fully saturated rings. The van der Waals surface area contributed by atoms with E-state index in [1.54, 1.807) is 0 Å². The van der Waals surface area contributed by atoms with Crippen molar-refractivity contribution in [1.82, 2.24) is 0 Å². The van der Waals surface area contributed by atoms with Crippen molar-refractivity contribution in [2.45, 2.75) is 13.3 Å². The van der Waals surface area contributed by atoms with Crippen LogP contribution >= 0.6 is 15.9 Å². The van der Waals surface area contributed by atoms with Gasteiger partial charge in [0.25, 0.3) is 0 Å². The third-order valence-electron chi connectivity index (χ3n) is 1.53. The smallest absolute Gasteiger partial charge is 0.0337 e. The van der Waals surface area contributed by atoms with Crippen LogP contribution in [-0.4, -0.2) is 0 Å². The molecule has 56 valence electrons. The number of benzene rings is 1. The fourth-order valence-electron chi connectivity index (χ4n) is 0.935. The van der Waals surface area contributed by atoms with E-state index >= 15 is 0 Å². The molecule has 1 rings (SSSR count). The molecule has 11 heavy (non-hydrogen) atoms. The van der Waals surface area contributed by atoms with Crippen LogP contribution in [0.3, 0.4) is 0 Å². The first-order chi connectivity index (χ1) is 5.24. The molecular weight excluding hydrogens is 200 g/mol. The van der Waals surface area contributed by atoms with Crippen molar-refractivity contribution in [2.75, 3.05) is 0 Å². The molecule has 0 bridgehead atoms. The van der Waals surface area contributed by atoms with Crippen molar-refractivity contribution in [1.29, 1.82) is 0 Å². The second kappa shape index (κ2) is 3.59. The van der Waals surface area contributed by atoms with Crippen molar-refractivity contribution in [3.05, 3.63) is 33.8 Å². The number of rotatable bonds is 1. The van der Waals surface area contributed by atoms with Gasteiger partial charge in [0.1, 0.15) is 0 Å². The summed E-state index contributed by atoms with van der Waals surface area (Å²) in [6.45, 7) is 2.06. The van der Waals surface area contributed by atoms with Crippen LogP contribution in [0.25, 0.3) is 0 Å². The molecule has 0 spiro atoms. The SMILES string of the molecule is C#CCc1ccc(Br)c(C)c1. The van der Waals surface area contributed by atoms with Gasteiger partial charge in [-0.3, -0.25) is 0 Å². The predicted molar refractivity (Wildman–Crippen MR) is 51.4 cm³/mol. The second-order valence-electron chi connectivity index (χ2n) is 2.46. The molecule has 0 saturated carbocycles. The summed E-state index contributed by atoms with van der Waals surface area (Å²) in [7, 11) is 0. The molecule has 0 amide bonds. The first-order valence-electron chi connectivity index (χ1n) is 3.42. The van der Waals surface area contributed by atoms with Gasteiger partial charge in [0.2, 0.25) is 0 Å². The van der Waals surface area contributed by atoms with E-state index in [2.05, 4.69) is 34.8 Å². The largest absolute Gasteiger partial charge is 0.120 e. The van der Waals surface area contributed by atoms with Crippen molar-refractivity contribution in [2.24, 2.45) is 0 Å². The molecule has 0 unspecified atom stereocenters. The van der Waals surface area contributed by atoms with Gasteiger partial charge in [-0.05, 0) is 24.1 Å². The summed E-state index contributed by atoms with van der Waals surface area (Å²) in [5.41, 5.74) is 2.44. The number of hydrogen-bond donors (Lipinski definition) is 0. The van der Waals surface area contributed by atoms with Crippen LogP contribution in [0.4, 0.5) is 0 Å². The Morgan fingerprint density at radius 2 is 2.27 bits per heavy atom. The third-order valence-corrected chi connectivity index (χ3v) is 2.42. The van der Waals surface area contributed by atoms with Gasteiger partial charge in [0.15, 0.2) is 0 Å². The molecule has 0 radical (unpaired) electrons. The van der Waals surface area contributed by atoms with Gasteiger partial charge in [-0.25, -0.2) is 0 Å². The van der Waals surface area contributed by atoms with E-state index < -0.39 is 0 Å². The topological polar surface area (TPSA) is 0 Å². The summed E-state index contributed by atoms with van der Waals surface area (Å²) in [5, 5.41) is 0. The Labute approximate surface area is 75.8 Å². The Kier molecular flexibility index (Phi) is 2.73. The molecule has 0 aliphatic carbocycles. The van der Waals surface area contributed by atoms with Crippen molar-refractivity contribution < 1.29 is 0 Å². The number of aryl methyl sites for hydroxylation is 1. The van der Waals surface area contributed by atoms with Crippen molar-refractivity contribution in [3.8, 4) is 12.3 Å². The van der Waals surface area contributed by atoms with Crippen LogP contribution in [0.15, 0.2) is 22.7 Å². The molecule has 0 nitrogen and oxygen atoms in total. The van der Waals surface area contributed by atoms with E-state index in [4.69, 9.17) is 6.42 Å². The summed E-state index contributed by atoms with van der Waals surface area (Å²) >= 11 is 3.43. The maximum Gasteiger partial charge on any atom is 0.0337 e. The standard InChI is InChI=1S/C10H9Br/c1-3-4-9-5-6-10(11)8(2)7-9/h1,5-7H,4H2,2H3. The zero-order chi connectivity index (χ0) is 8.27. The zero-order valence-electron chi connectivity index (χ0n) is 6.39. The lowest BCUT2D eigenvalue weighted by atomic mass is 10.1. The molecule has 0 saturated heterocycles. The Morgan fingerprint density at radius 3 is 2.82 bits per heavy atom. The molecule has 0 atom stereocenters. The van der Waals surface area contributed by atoms with E-state index in [0.29, 0.717) is 6.42 Å². The van der Waals surface area contributed by atoms with Gasteiger partial charge in [-0.1, -0.05) is 28.1 Å². The van der Waals surface area contributed by atoms with Crippen LogP contribution in [0.1, 0.15) is 11.1 Å². The quantitative estimate of drug-likeness (QED) is 0.624. The molecule has 0 aliphatic heterocycles. The minimum atomic E-state index is 0.716. The van der Waals surface area contributed by atoms with E-state index in [9.17, 15) is 0 Å². The first kappa shape index (κ1) is 8.36. The lowest BCUT2D eigenvalue weighted by Crippen LogP contribution is -1.83. The summed E-state index contributed by atoms with van der Waals surface area (Å²) in [4.78, 5) is 0. The van der Waals surface area contributed by atoms with Gasteiger partial charge in [0.05, 0.1) is 0 Å². The maximum atomic E-state index is 5.19. The van der Waals surface area contributed by atoms with E-state index in [0.717, 1.165) is 4.47 Å². The monoisotopic (exact) mass is 208 g/mol. The first-order valence-corrected chi connectivity index (χ1v) is 4.22. The Bertz CT molecular complexity index is 294.